The molecule has 2 rings (SSSR count). The van der Waals surface area contributed by atoms with E-state index < -0.39 is 24.0 Å². The summed E-state index contributed by atoms with van der Waals surface area (Å²) in [5, 5.41) is 0. The third kappa shape index (κ3) is 4.95. The van der Waals surface area contributed by atoms with Crippen molar-refractivity contribution in [1.82, 2.24) is 19.8 Å². The van der Waals surface area contributed by atoms with Crippen molar-refractivity contribution in [3.05, 3.63) is 32.1 Å². The molecule has 134 valence electrons. The van der Waals surface area contributed by atoms with Crippen LogP contribution in [0.1, 0.15) is 17.7 Å². The Kier molecular flexibility index (Phi) is 5.47. The number of aromatic amines is 2. The highest BCUT2D eigenvalue weighted by Crippen LogP contribution is 2.17. The summed E-state index contributed by atoms with van der Waals surface area (Å²) in [4.78, 5) is 42.3. The van der Waals surface area contributed by atoms with E-state index in [1.54, 1.807) is 6.92 Å². The molecular formula is C14H19F3N4O3. The zero-order valence-corrected chi connectivity index (χ0v) is 13.2. The van der Waals surface area contributed by atoms with Gasteiger partial charge in [0.15, 0.2) is 0 Å². The van der Waals surface area contributed by atoms with Crippen LogP contribution < -0.4 is 11.2 Å². The molecule has 7 nitrogen and oxygen atoms in total. The van der Waals surface area contributed by atoms with Crippen LogP contribution in [0, 0.1) is 6.92 Å². The van der Waals surface area contributed by atoms with E-state index in [1.165, 1.54) is 9.80 Å². The first-order valence-corrected chi connectivity index (χ1v) is 7.54. The number of aryl methyl sites for hydroxylation is 1. The molecule has 0 aromatic carbocycles. The van der Waals surface area contributed by atoms with Crippen LogP contribution in [0.3, 0.4) is 0 Å². The molecule has 0 saturated carbocycles. The van der Waals surface area contributed by atoms with Gasteiger partial charge in [-0.05, 0) is 13.3 Å². The molecule has 1 aromatic rings. The standard InChI is InChI=1S/C14H19F3N4O3/c1-9-10(12(23)19-13(24)18-9)2-3-11(22)21-6-4-20(5-7-21)8-14(15,16)17/h2-8H2,1H3,(H2,18,19,23,24). The number of carbonyl (C=O) groups is 1. The lowest BCUT2D eigenvalue weighted by Gasteiger charge is -2.35. The fraction of sp³-hybridized carbons (Fsp3) is 0.643. The molecule has 1 aromatic heterocycles. The minimum Gasteiger partial charge on any atom is -0.340 e. The number of rotatable bonds is 4. The lowest BCUT2D eigenvalue weighted by molar-refractivity contribution is -0.151. The maximum atomic E-state index is 12.3. The van der Waals surface area contributed by atoms with Crippen LogP contribution >= 0.6 is 0 Å². The predicted molar refractivity (Wildman–Crippen MR) is 79.8 cm³/mol. The number of aromatic nitrogens is 2. The Morgan fingerprint density at radius 2 is 1.75 bits per heavy atom. The van der Waals surface area contributed by atoms with Crippen LogP contribution in [0.5, 0.6) is 0 Å². The molecule has 1 aliphatic heterocycles. The number of halogens is 3. The third-order valence-electron chi connectivity index (χ3n) is 3.97. The van der Waals surface area contributed by atoms with Gasteiger partial charge in [-0.2, -0.15) is 13.2 Å². The van der Waals surface area contributed by atoms with E-state index in [0.717, 1.165) is 0 Å². The normalized spacial score (nSPS) is 16.4. The van der Waals surface area contributed by atoms with Crippen LogP contribution in [-0.4, -0.2) is 64.6 Å². The molecule has 1 saturated heterocycles. The Morgan fingerprint density at radius 1 is 1.12 bits per heavy atom. The summed E-state index contributed by atoms with van der Waals surface area (Å²) in [6.07, 6.45) is -4.01. The quantitative estimate of drug-likeness (QED) is 0.802. The van der Waals surface area contributed by atoms with Gasteiger partial charge in [0.1, 0.15) is 0 Å². The van der Waals surface area contributed by atoms with E-state index in [4.69, 9.17) is 0 Å². The highest BCUT2D eigenvalue weighted by molar-refractivity contribution is 5.76. The van der Waals surface area contributed by atoms with E-state index in [-0.39, 0.29) is 44.9 Å². The predicted octanol–water partition coefficient (Wildman–Crippen LogP) is 0.0107. The fourth-order valence-corrected chi connectivity index (χ4v) is 2.73. The van der Waals surface area contributed by atoms with Gasteiger partial charge >= 0.3 is 11.9 Å². The fourth-order valence-electron chi connectivity index (χ4n) is 2.73. The molecule has 2 heterocycles. The Bertz CT molecular complexity index is 702. The molecule has 24 heavy (non-hydrogen) atoms. The summed E-state index contributed by atoms with van der Waals surface area (Å²) in [7, 11) is 0. The first-order valence-electron chi connectivity index (χ1n) is 7.54. The lowest BCUT2D eigenvalue weighted by atomic mass is 10.1. The minimum absolute atomic E-state index is 0.0647. The third-order valence-corrected chi connectivity index (χ3v) is 3.97. The number of nitrogens with zero attached hydrogens (tertiary/aromatic N) is 2. The Hall–Kier alpha value is -2.10. The van der Waals surface area contributed by atoms with Crippen molar-refractivity contribution in [3.8, 4) is 0 Å². The van der Waals surface area contributed by atoms with Gasteiger partial charge < -0.3 is 9.88 Å². The van der Waals surface area contributed by atoms with Crippen LogP contribution in [0.2, 0.25) is 0 Å². The largest absolute Gasteiger partial charge is 0.401 e. The number of alkyl halides is 3. The molecule has 0 radical (unpaired) electrons. The Morgan fingerprint density at radius 3 is 2.29 bits per heavy atom. The molecule has 10 heteroatoms. The van der Waals surface area contributed by atoms with Crippen molar-refractivity contribution < 1.29 is 18.0 Å². The number of amides is 1. The Balaban J connectivity index is 1.87. The monoisotopic (exact) mass is 348 g/mol. The average Bonchev–Trinajstić information content (AvgIpc) is 2.45. The van der Waals surface area contributed by atoms with Crippen LogP contribution in [0.4, 0.5) is 13.2 Å². The molecule has 0 aliphatic carbocycles. The molecule has 2 N–H and O–H groups in total. The van der Waals surface area contributed by atoms with Crippen molar-refractivity contribution in [2.45, 2.75) is 25.9 Å². The number of carbonyl (C=O) groups excluding carboxylic acids is 1. The smallest absolute Gasteiger partial charge is 0.340 e. The molecule has 0 atom stereocenters. The Labute approximate surface area is 135 Å². The summed E-state index contributed by atoms with van der Waals surface area (Å²) in [6.45, 7) is 1.41. The van der Waals surface area contributed by atoms with Crippen molar-refractivity contribution >= 4 is 5.91 Å². The second-order valence-electron chi connectivity index (χ2n) is 5.78. The van der Waals surface area contributed by atoms with Crippen LogP contribution in [-0.2, 0) is 11.2 Å². The molecule has 0 unspecified atom stereocenters. The summed E-state index contributed by atoms with van der Waals surface area (Å²) in [5.41, 5.74) is -0.391. The number of piperazine rings is 1. The lowest BCUT2D eigenvalue weighted by Crippen LogP contribution is -2.51. The van der Waals surface area contributed by atoms with Crippen molar-refractivity contribution in [3.63, 3.8) is 0 Å². The van der Waals surface area contributed by atoms with E-state index in [2.05, 4.69) is 9.97 Å². The van der Waals surface area contributed by atoms with Gasteiger partial charge in [0.25, 0.3) is 5.56 Å². The van der Waals surface area contributed by atoms with Gasteiger partial charge in [-0.1, -0.05) is 0 Å². The van der Waals surface area contributed by atoms with Gasteiger partial charge in [-0.3, -0.25) is 19.5 Å². The van der Waals surface area contributed by atoms with E-state index in [1.807, 2.05) is 0 Å². The van der Waals surface area contributed by atoms with Gasteiger partial charge in [0.2, 0.25) is 5.91 Å². The first kappa shape index (κ1) is 18.2. The molecule has 0 bridgehead atoms. The number of hydrogen-bond acceptors (Lipinski definition) is 4. The number of H-pyrrole nitrogens is 2. The van der Waals surface area contributed by atoms with Crippen molar-refractivity contribution in [2.75, 3.05) is 32.7 Å². The summed E-state index contributed by atoms with van der Waals surface area (Å²) >= 11 is 0. The summed E-state index contributed by atoms with van der Waals surface area (Å²) < 4.78 is 37.0. The second-order valence-corrected chi connectivity index (χ2v) is 5.78. The summed E-state index contributed by atoms with van der Waals surface area (Å²) in [5.74, 6) is -0.216. The highest BCUT2D eigenvalue weighted by atomic mass is 19.4. The van der Waals surface area contributed by atoms with Crippen molar-refractivity contribution in [1.29, 1.82) is 0 Å². The van der Waals surface area contributed by atoms with Gasteiger partial charge in [-0.15, -0.1) is 0 Å². The molecule has 1 amide bonds. The topological polar surface area (TPSA) is 89.3 Å². The minimum atomic E-state index is -4.24. The number of hydrogen-bond donors (Lipinski definition) is 2. The molecule has 1 aliphatic rings. The number of nitrogens with one attached hydrogen (secondary N) is 2. The van der Waals surface area contributed by atoms with Gasteiger partial charge in [0, 0.05) is 43.9 Å². The van der Waals surface area contributed by atoms with Gasteiger partial charge in [-0.25, -0.2) is 4.79 Å². The van der Waals surface area contributed by atoms with E-state index >= 15 is 0 Å². The molecule has 0 spiro atoms. The van der Waals surface area contributed by atoms with E-state index in [9.17, 15) is 27.6 Å². The van der Waals surface area contributed by atoms with Crippen LogP contribution in [0.15, 0.2) is 9.59 Å². The van der Waals surface area contributed by atoms with Crippen molar-refractivity contribution in [2.24, 2.45) is 0 Å². The maximum Gasteiger partial charge on any atom is 0.401 e. The second kappa shape index (κ2) is 7.20. The first-order chi connectivity index (χ1) is 11.2. The highest BCUT2D eigenvalue weighted by Gasteiger charge is 2.32. The molecular weight excluding hydrogens is 329 g/mol. The zero-order chi connectivity index (χ0) is 17.9. The SMILES string of the molecule is Cc1[nH]c(=O)[nH]c(=O)c1CCC(=O)N1CCN(CC(F)(F)F)CC1. The summed E-state index contributed by atoms with van der Waals surface area (Å²) in [6, 6.07) is 0. The van der Waals surface area contributed by atoms with Gasteiger partial charge in [0.05, 0.1) is 6.54 Å². The zero-order valence-electron chi connectivity index (χ0n) is 13.2. The maximum absolute atomic E-state index is 12.3. The average molecular weight is 348 g/mol. The molecule has 1 fully saturated rings. The van der Waals surface area contributed by atoms with Crippen LogP contribution in [0.25, 0.3) is 0 Å². The van der Waals surface area contributed by atoms with E-state index in [0.29, 0.717) is 11.3 Å².